The summed E-state index contributed by atoms with van der Waals surface area (Å²) >= 11 is 0. The molecule has 0 heterocycles. The van der Waals surface area contributed by atoms with Gasteiger partial charge in [-0.1, -0.05) is 25.1 Å². The molecule has 1 amide bonds. The highest BCUT2D eigenvalue weighted by molar-refractivity contribution is 6.41. The van der Waals surface area contributed by atoms with Crippen molar-refractivity contribution in [1.29, 1.82) is 0 Å². The van der Waals surface area contributed by atoms with E-state index in [1.165, 1.54) is 12.1 Å². The Hall–Kier alpha value is -1.97. The quantitative estimate of drug-likeness (QED) is 0.683. The molecule has 0 saturated heterocycles. The third-order valence-electron chi connectivity index (χ3n) is 6.08. The van der Waals surface area contributed by atoms with Gasteiger partial charge in [0, 0.05) is 11.1 Å². The zero-order valence-electron chi connectivity index (χ0n) is 13.6. The summed E-state index contributed by atoms with van der Waals surface area (Å²) in [5, 5.41) is 2.97. The fourth-order valence-electron chi connectivity index (χ4n) is 4.25. The Bertz CT molecular complexity index is 674. The van der Waals surface area contributed by atoms with E-state index >= 15 is 0 Å². The number of halogens is 1. The number of carbonyl (C=O) groups excluding carboxylic acids is 2. The molecule has 23 heavy (non-hydrogen) atoms. The molecule has 2 fully saturated rings. The maximum atomic E-state index is 13.5. The summed E-state index contributed by atoms with van der Waals surface area (Å²) in [5.74, 6) is -1.20. The molecule has 0 aromatic heterocycles. The molecule has 2 bridgehead atoms. The van der Waals surface area contributed by atoms with E-state index in [1.54, 1.807) is 18.2 Å². The Labute approximate surface area is 136 Å². The third-order valence-corrected chi connectivity index (χ3v) is 6.08. The normalized spacial score (nSPS) is 32.4. The molecule has 0 aliphatic heterocycles. The lowest BCUT2D eigenvalue weighted by molar-refractivity contribution is -0.137. The summed E-state index contributed by atoms with van der Waals surface area (Å²) in [6, 6.07) is 6.16. The highest BCUT2D eigenvalue weighted by Crippen LogP contribution is 2.60. The van der Waals surface area contributed by atoms with Crippen molar-refractivity contribution in [3.05, 3.63) is 41.7 Å². The lowest BCUT2D eigenvalue weighted by atomic mass is 9.76. The summed E-state index contributed by atoms with van der Waals surface area (Å²) in [5.41, 5.74) is 0.0572. The Balaban J connectivity index is 1.69. The first-order valence-corrected chi connectivity index (χ1v) is 8.15. The first-order valence-electron chi connectivity index (χ1n) is 8.15. The second-order valence-electron chi connectivity index (χ2n) is 7.21. The number of ketones is 1. The van der Waals surface area contributed by atoms with E-state index in [-0.39, 0.29) is 11.0 Å². The Kier molecular flexibility index (Phi) is 3.86. The van der Waals surface area contributed by atoms with Crippen LogP contribution in [0, 0.1) is 17.2 Å². The number of carbonyl (C=O) groups is 2. The molecule has 4 heteroatoms. The van der Waals surface area contributed by atoms with E-state index < -0.39 is 17.5 Å². The second kappa shape index (κ2) is 5.59. The van der Waals surface area contributed by atoms with Crippen molar-refractivity contribution in [2.24, 2.45) is 11.3 Å². The summed E-state index contributed by atoms with van der Waals surface area (Å²) < 4.78 is 13.5. The molecule has 1 atom stereocenters. The van der Waals surface area contributed by atoms with Crippen molar-refractivity contribution in [1.82, 2.24) is 5.32 Å². The van der Waals surface area contributed by atoms with E-state index in [0.717, 1.165) is 31.8 Å². The molecule has 0 spiro atoms. The first kappa shape index (κ1) is 15.9. The van der Waals surface area contributed by atoms with Crippen molar-refractivity contribution in [2.45, 2.75) is 45.1 Å². The number of rotatable bonds is 4. The monoisotopic (exact) mass is 315 g/mol. The Morgan fingerprint density at radius 1 is 1.22 bits per heavy atom. The highest BCUT2D eigenvalue weighted by Gasteiger charge is 2.59. The number of benzene rings is 1. The van der Waals surface area contributed by atoms with Gasteiger partial charge in [-0.2, -0.15) is 0 Å². The van der Waals surface area contributed by atoms with Gasteiger partial charge in [0.05, 0.1) is 0 Å². The van der Waals surface area contributed by atoms with Crippen LogP contribution in [0.15, 0.2) is 30.3 Å². The van der Waals surface area contributed by atoms with Crippen LogP contribution in [0.5, 0.6) is 0 Å². The van der Waals surface area contributed by atoms with E-state index in [1.807, 2.05) is 0 Å². The first-order chi connectivity index (χ1) is 10.9. The van der Waals surface area contributed by atoms with Gasteiger partial charge in [-0.05, 0) is 62.2 Å². The molecule has 122 valence electrons. The average Bonchev–Trinajstić information content (AvgIpc) is 2.90. The van der Waals surface area contributed by atoms with E-state index in [2.05, 4.69) is 19.2 Å². The van der Waals surface area contributed by atoms with Gasteiger partial charge < -0.3 is 5.32 Å². The standard InChI is InChI=1S/C19H22FNO2/c1-18-11-9-14(10-12-18)19(18,2)21-17(23)16(22)8-7-13-5-3-4-6-15(13)20/h3-8,14H,9-12H2,1-2H3,(H,21,23)/b8-7+/t14-,18+,19-/m0/s1. The van der Waals surface area contributed by atoms with Crippen LogP contribution in [0.4, 0.5) is 4.39 Å². The number of hydrogen-bond donors (Lipinski definition) is 1. The fourth-order valence-corrected chi connectivity index (χ4v) is 4.25. The van der Waals surface area contributed by atoms with Crippen molar-refractivity contribution in [3.8, 4) is 0 Å². The summed E-state index contributed by atoms with van der Waals surface area (Å²) in [4.78, 5) is 24.3. The SMILES string of the molecule is C[C@]1(NC(=O)C(=O)/C=C/c2ccccc2F)[C@H]2CC[C@]1(C)CC2. The number of nitrogens with one attached hydrogen (secondary N) is 1. The number of hydrogen-bond acceptors (Lipinski definition) is 2. The highest BCUT2D eigenvalue weighted by atomic mass is 19.1. The van der Waals surface area contributed by atoms with Crippen molar-refractivity contribution >= 4 is 17.8 Å². The third kappa shape index (κ3) is 2.60. The average molecular weight is 315 g/mol. The van der Waals surface area contributed by atoms with E-state index in [4.69, 9.17) is 0 Å². The van der Waals surface area contributed by atoms with Gasteiger partial charge in [0.1, 0.15) is 5.82 Å². The van der Waals surface area contributed by atoms with Crippen LogP contribution in [0.3, 0.4) is 0 Å². The molecule has 0 radical (unpaired) electrons. The predicted octanol–water partition coefficient (Wildman–Crippen LogP) is 3.49. The molecule has 1 N–H and O–H groups in total. The van der Waals surface area contributed by atoms with Crippen molar-refractivity contribution in [2.75, 3.05) is 0 Å². The zero-order valence-corrected chi connectivity index (χ0v) is 13.6. The van der Waals surface area contributed by atoms with Crippen molar-refractivity contribution < 1.29 is 14.0 Å². The minimum Gasteiger partial charge on any atom is -0.343 e. The number of fused-ring (bicyclic) bond motifs is 2. The maximum absolute atomic E-state index is 13.5. The molecule has 2 aliphatic carbocycles. The summed E-state index contributed by atoms with van der Waals surface area (Å²) in [7, 11) is 0. The van der Waals surface area contributed by atoms with Gasteiger partial charge in [0.25, 0.3) is 5.91 Å². The number of amides is 1. The van der Waals surface area contributed by atoms with E-state index in [9.17, 15) is 14.0 Å². The zero-order chi connectivity index (χ0) is 16.7. The lowest BCUT2D eigenvalue weighted by Crippen LogP contribution is -2.55. The van der Waals surface area contributed by atoms with Crippen LogP contribution < -0.4 is 5.32 Å². The topological polar surface area (TPSA) is 46.2 Å². The summed E-state index contributed by atoms with van der Waals surface area (Å²) in [6.07, 6.45) is 6.89. The molecule has 1 aromatic rings. The Morgan fingerprint density at radius 3 is 2.43 bits per heavy atom. The molecule has 3 nitrogen and oxygen atoms in total. The van der Waals surface area contributed by atoms with E-state index in [0.29, 0.717) is 11.5 Å². The maximum Gasteiger partial charge on any atom is 0.292 e. The van der Waals surface area contributed by atoms with Gasteiger partial charge in [-0.3, -0.25) is 9.59 Å². The van der Waals surface area contributed by atoms with Gasteiger partial charge in [0.15, 0.2) is 0 Å². The van der Waals surface area contributed by atoms with Gasteiger partial charge >= 0.3 is 0 Å². The molecule has 2 saturated carbocycles. The van der Waals surface area contributed by atoms with Gasteiger partial charge in [-0.25, -0.2) is 4.39 Å². The second-order valence-corrected chi connectivity index (χ2v) is 7.21. The van der Waals surface area contributed by atoms with Crippen LogP contribution in [0.25, 0.3) is 6.08 Å². The molecule has 1 aromatic carbocycles. The van der Waals surface area contributed by atoms with Crippen LogP contribution in [0.2, 0.25) is 0 Å². The molecule has 0 unspecified atom stereocenters. The van der Waals surface area contributed by atoms with Gasteiger partial charge in [-0.15, -0.1) is 0 Å². The minimum atomic E-state index is -0.635. The smallest absolute Gasteiger partial charge is 0.292 e. The van der Waals surface area contributed by atoms with Crippen molar-refractivity contribution in [3.63, 3.8) is 0 Å². The lowest BCUT2D eigenvalue weighted by Gasteiger charge is -2.38. The molecular weight excluding hydrogens is 293 g/mol. The van der Waals surface area contributed by atoms with Crippen LogP contribution in [-0.2, 0) is 9.59 Å². The van der Waals surface area contributed by atoms with Crippen LogP contribution >= 0.6 is 0 Å². The predicted molar refractivity (Wildman–Crippen MR) is 87.1 cm³/mol. The fraction of sp³-hybridized carbons (Fsp3) is 0.474. The van der Waals surface area contributed by atoms with Gasteiger partial charge in [0.2, 0.25) is 5.78 Å². The van der Waals surface area contributed by atoms with Crippen LogP contribution in [-0.4, -0.2) is 17.2 Å². The molecular formula is C19H22FNO2. The van der Waals surface area contributed by atoms with Crippen LogP contribution in [0.1, 0.15) is 45.1 Å². The Morgan fingerprint density at radius 2 is 1.87 bits per heavy atom. The minimum absolute atomic E-state index is 0.0723. The molecule has 3 rings (SSSR count). The molecule has 2 aliphatic rings. The largest absolute Gasteiger partial charge is 0.343 e. The summed E-state index contributed by atoms with van der Waals surface area (Å²) in [6.45, 7) is 4.25.